The van der Waals surface area contributed by atoms with Crippen molar-refractivity contribution in [3.05, 3.63) is 18.3 Å². The van der Waals surface area contributed by atoms with Crippen molar-refractivity contribution in [2.24, 2.45) is 12.8 Å². The highest BCUT2D eigenvalue weighted by molar-refractivity contribution is 5.50. The Morgan fingerprint density at radius 1 is 1.53 bits per heavy atom. The highest BCUT2D eigenvalue weighted by atomic mass is 16.5. The Morgan fingerprint density at radius 2 is 2.35 bits per heavy atom. The van der Waals surface area contributed by atoms with Crippen LogP contribution in [0, 0.1) is 0 Å². The number of aromatic nitrogens is 4. The van der Waals surface area contributed by atoms with E-state index in [0.717, 1.165) is 18.4 Å². The second kappa shape index (κ2) is 3.66. The minimum atomic E-state index is -0.126. The number of hydrogen-bond acceptors (Lipinski definition) is 5. The molecule has 2 aromatic rings. The fourth-order valence-electron chi connectivity index (χ4n) is 2.09. The van der Waals surface area contributed by atoms with Gasteiger partial charge in [0, 0.05) is 25.2 Å². The van der Waals surface area contributed by atoms with Crippen molar-refractivity contribution in [1.82, 2.24) is 19.9 Å². The molecule has 1 saturated carbocycles. The second-order valence-corrected chi connectivity index (χ2v) is 4.81. The van der Waals surface area contributed by atoms with Gasteiger partial charge in [0.25, 0.3) is 0 Å². The first-order valence-electron chi connectivity index (χ1n) is 5.75. The molecule has 0 bridgehead atoms. The molecule has 17 heavy (non-hydrogen) atoms. The van der Waals surface area contributed by atoms with E-state index in [-0.39, 0.29) is 5.54 Å². The van der Waals surface area contributed by atoms with E-state index in [2.05, 4.69) is 15.2 Å². The van der Waals surface area contributed by atoms with Crippen molar-refractivity contribution in [3.8, 4) is 11.4 Å². The normalized spacial score (nSPS) is 18.0. The number of nitrogens with two attached hydrogens (primary N) is 1. The summed E-state index contributed by atoms with van der Waals surface area (Å²) >= 11 is 0. The zero-order chi connectivity index (χ0) is 11.9. The molecule has 0 saturated heterocycles. The van der Waals surface area contributed by atoms with E-state index in [4.69, 9.17) is 10.3 Å². The smallest absolute Gasteiger partial charge is 0.228 e. The lowest BCUT2D eigenvalue weighted by Gasteiger charge is -2.36. The van der Waals surface area contributed by atoms with Crippen LogP contribution in [0.5, 0.6) is 0 Å². The van der Waals surface area contributed by atoms with Gasteiger partial charge >= 0.3 is 0 Å². The quantitative estimate of drug-likeness (QED) is 0.851. The molecule has 2 N–H and O–H groups in total. The van der Waals surface area contributed by atoms with Gasteiger partial charge in [0.05, 0.1) is 11.8 Å². The predicted octanol–water partition coefficient (Wildman–Crippen LogP) is 0.894. The van der Waals surface area contributed by atoms with Gasteiger partial charge in [0.15, 0.2) is 0 Å². The standard InChI is InChI=1S/C11H15N5O/c1-16-7-8(6-13-16)10-14-9(17-15-10)5-11(12)3-2-4-11/h6-7H,2-5,12H2,1H3. The molecule has 1 fully saturated rings. The molecule has 0 aliphatic heterocycles. The van der Waals surface area contributed by atoms with Crippen molar-refractivity contribution < 1.29 is 4.52 Å². The Morgan fingerprint density at radius 3 is 2.94 bits per heavy atom. The third-order valence-corrected chi connectivity index (χ3v) is 3.28. The van der Waals surface area contributed by atoms with Crippen LogP contribution >= 0.6 is 0 Å². The topological polar surface area (TPSA) is 82.8 Å². The van der Waals surface area contributed by atoms with E-state index in [1.807, 2.05) is 13.2 Å². The minimum absolute atomic E-state index is 0.126. The van der Waals surface area contributed by atoms with Crippen LogP contribution in [0.1, 0.15) is 25.2 Å². The first-order chi connectivity index (χ1) is 8.15. The molecule has 0 radical (unpaired) electrons. The molecule has 2 aromatic heterocycles. The van der Waals surface area contributed by atoms with Gasteiger partial charge in [-0.25, -0.2) is 0 Å². The van der Waals surface area contributed by atoms with E-state index in [1.165, 1.54) is 6.42 Å². The van der Waals surface area contributed by atoms with Crippen LogP contribution in [-0.2, 0) is 13.5 Å². The molecular formula is C11H15N5O. The summed E-state index contributed by atoms with van der Waals surface area (Å²) in [5, 5.41) is 8.02. The summed E-state index contributed by atoms with van der Waals surface area (Å²) in [4.78, 5) is 4.35. The van der Waals surface area contributed by atoms with E-state index in [0.29, 0.717) is 18.1 Å². The van der Waals surface area contributed by atoms with E-state index in [9.17, 15) is 0 Å². The lowest BCUT2D eigenvalue weighted by molar-refractivity contribution is 0.222. The Kier molecular flexibility index (Phi) is 2.25. The lowest BCUT2D eigenvalue weighted by Crippen LogP contribution is -2.48. The van der Waals surface area contributed by atoms with Crippen molar-refractivity contribution in [1.29, 1.82) is 0 Å². The molecule has 2 heterocycles. The van der Waals surface area contributed by atoms with Crippen molar-refractivity contribution in [2.75, 3.05) is 0 Å². The Hall–Kier alpha value is -1.69. The van der Waals surface area contributed by atoms with Gasteiger partial charge in [-0.15, -0.1) is 0 Å². The summed E-state index contributed by atoms with van der Waals surface area (Å²) < 4.78 is 6.93. The van der Waals surface area contributed by atoms with E-state index < -0.39 is 0 Å². The van der Waals surface area contributed by atoms with Crippen LogP contribution in [-0.4, -0.2) is 25.5 Å². The Labute approximate surface area is 98.8 Å². The summed E-state index contributed by atoms with van der Waals surface area (Å²) in [7, 11) is 1.85. The maximum absolute atomic E-state index is 6.14. The minimum Gasteiger partial charge on any atom is -0.339 e. The van der Waals surface area contributed by atoms with Crippen LogP contribution in [0.15, 0.2) is 16.9 Å². The number of nitrogens with zero attached hydrogens (tertiary/aromatic N) is 4. The maximum atomic E-state index is 6.14. The molecule has 0 amide bonds. The van der Waals surface area contributed by atoms with Gasteiger partial charge in [0.1, 0.15) is 0 Å². The van der Waals surface area contributed by atoms with Crippen LogP contribution in [0.4, 0.5) is 0 Å². The molecule has 0 spiro atoms. The average Bonchev–Trinajstić information content (AvgIpc) is 2.84. The molecule has 3 rings (SSSR count). The third kappa shape index (κ3) is 1.95. The molecule has 1 aliphatic rings. The molecule has 0 atom stereocenters. The van der Waals surface area contributed by atoms with Gasteiger partial charge in [-0.3, -0.25) is 4.68 Å². The van der Waals surface area contributed by atoms with Crippen LogP contribution in [0.3, 0.4) is 0 Å². The number of rotatable bonds is 3. The van der Waals surface area contributed by atoms with E-state index in [1.54, 1.807) is 10.9 Å². The van der Waals surface area contributed by atoms with Gasteiger partial charge in [0.2, 0.25) is 11.7 Å². The molecular weight excluding hydrogens is 218 g/mol. The Balaban J connectivity index is 1.78. The van der Waals surface area contributed by atoms with Crippen LogP contribution in [0.2, 0.25) is 0 Å². The summed E-state index contributed by atoms with van der Waals surface area (Å²) in [6.07, 6.45) is 7.52. The zero-order valence-corrected chi connectivity index (χ0v) is 9.76. The predicted molar refractivity (Wildman–Crippen MR) is 61.0 cm³/mol. The van der Waals surface area contributed by atoms with Gasteiger partial charge in [-0.05, 0) is 19.3 Å². The fourth-order valence-corrected chi connectivity index (χ4v) is 2.09. The molecule has 6 heteroatoms. The van der Waals surface area contributed by atoms with E-state index >= 15 is 0 Å². The molecule has 0 aromatic carbocycles. The van der Waals surface area contributed by atoms with Crippen LogP contribution in [0.25, 0.3) is 11.4 Å². The monoisotopic (exact) mass is 233 g/mol. The molecule has 90 valence electrons. The van der Waals surface area contributed by atoms with Crippen molar-refractivity contribution >= 4 is 0 Å². The largest absolute Gasteiger partial charge is 0.339 e. The SMILES string of the molecule is Cn1cc(-c2noc(CC3(N)CCC3)n2)cn1. The summed E-state index contributed by atoms with van der Waals surface area (Å²) in [6.45, 7) is 0. The second-order valence-electron chi connectivity index (χ2n) is 4.81. The van der Waals surface area contributed by atoms with Crippen molar-refractivity contribution in [2.45, 2.75) is 31.2 Å². The summed E-state index contributed by atoms with van der Waals surface area (Å²) in [5.41, 5.74) is 6.88. The first-order valence-corrected chi connectivity index (χ1v) is 5.75. The van der Waals surface area contributed by atoms with Gasteiger partial charge < -0.3 is 10.3 Å². The molecule has 0 unspecified atom stereocenters. The number of aryl methyl sites for hydroxylation is 1. The van der Waals surface area contributed by atoms with Crippen LogP contribution < -0.4 is 5.73 Å². The summed E-state index contributed by atoms with van der Waals surface area (Å²) in [5.74, 6) is 1.20. The third-order valence-electron chi connectivity index (χ3n) is 3.28. The Bertz CT molecular complexity index is 525. The molecule has 6 nitrogen and oxygen atoms in total. The van der Waals surface area contributed by atoms with Gasteiger partial charge in [-0.1, -0.05) is 5.16 Å². The zero-order valence-electron chi connectivity index (χ0n) is 9.76. The lowest BCUT2D eigenvalue weighted by atomic mass is 9.75. The highest BCUT2D eigenvalue weighted by Gasteiger charge is 2.34. The first kappa shape index (κ1) is 10.5. The van der Waals surface area contributed by atoms with Crippen molar-refractivity contribution in [3.63, 3.8) is 0 Å². The maximum Gasteiger partial charge on any atom is 0.228 e. The highest BCUT2D eigenvalue weighted by Crippen LogP contribution is 2.32. The fraction of sp³-hybridized carbons (Fsp3) is 0.545. The average molecular weight is 233 g/mol. The molecule has 1 aliphatic carbocycles. The number of hydrogen-bond donors (Lipinski definition) is 1. The van der Waals surface area contributed by atoms with Gasteiger partial charge in [-0.2, -0.15) is 10.1 Å². The summed E-state index contributed by atoms with van der Waals surface area (Å²) in [6, 6.07) is 0.